The van der Waals surface area contributed by atoms with Gasteiger partial charge in [0.15, 0.2) is 11.8 Å². The average molecular weight is 384 g/mol. The van der Waals surface area contributed by atoms with E-state index in [0.29, 0.717) is 16.3 Å². The van der Waals surface area contributed by atoms with Crippen molar-refractivity contribution in [1.82, 2.24) is 4.98 Å². The molecule has 1 amide bonds. The van der Waals surface area contributed by atoms with Crippen molar-refractivity contribution in [1.29, 1.82) is 0 Å². The fourth-order valence-corrected chi connectivity index (χ4v) is 3.04. The lowest BCUT2D eigenvalue weighted by atomic mass is 10.2. The highest BCUT2D eigenvalue weighted by atomic mass is 32.1. The number of ether oxygens (including phenoxy) is 1. The molecule has 3 aromatic rings. The molecule has 0 bridgehead atoms. The first-order valence-electron chi connectivity index (χ1n) is 8.22. The van der Waals surface area contributed by atoms with E-state index in [4.69, 9.17) is 4.74 Å². The zero-order chi connectivity index (χ0) is 19.4. The molecule has 1 atom stereocenters. The Morgan fingerprint density at radius 2 is 1.78 bits per heavy atom. The van der Waals surface area contributed by atoms with Gasteiger partial charge in [-0.25, -0.2) is 14.2 Å². The molecular formula is C20H17FN2O3S. The Bertz CT molecular complexity index is 952. The van der Waals surface area contributed by atoms with E-state index in [0.717, 1.165) is 5.56 Å². The van der Waals surface area contributed by atoms with Gasteiger partial charge in [-0.1, -0.05) is 17.7 Å². The van der Waals surface area contributed by atoms with E-state index in [2.05, 4.69) is 10.3 Å². The third kappa shape index (κ3) is 4.77. The first-order chi connectivity index (χ1) is 12.9. The van der Waals surface area contributed by atoms with Crippen LogP contribution in [0.15, 0.2) is 53.9 Å². The third-order valence-electron chi connectivity index (χ3n) is 3.78. The van der Waals surface area contributed by atoms with Gasteiger partial charge in [0.05, 0.1) is 0 Å². The number of amides is 1. The van der Waals surface area contributed by atoms with Crippen LogP contribution in [0.1, 0.15) is 23.0 Å². The van der Waals surface area contributed by atoms with Crippen molar-refractivity contribution in [2.24, 2.45) is 0 Å². The van der Waals surface area contributed by atoms with E-state index in [1.165, 1.54) is 30.4 Å². The minimum atomic E-state index is -0.977. The van der Waals surface area contributed by atoms with Crippen LogP contribution in [0, 0.1) is 12.7 Å². The van der Waals surface area contributed by atoms with E-state index >= 15 is 0 Å². The van der Waals surface area contributed by atoms with Crippen LogP contribution >= 0.6 is 11.3 Å². The molecule has 0 aliphatic rings. The number of thiazole rings is 1. The van der Waals surface area contributed by atoms with Gasteiger partial charge in [-0.3, -0.25) is 4.79 Å². The minimum Gasteiger partial charge on any atom is -0.448 e. The summed E-state index contributed by atoms with van der Waals surface area (Å²) in [7, 11) is 0. The summed E-state index contributed by atoms with van der Waals surface area (Å²) in [6, 6.07) is 13.1. The number of benzene rings is 2. The van der Waals surface area contributed by atoms with Crippen LogP contribution in [0.2, 0.25) is 0 Å². The largest absolute Gasteiger partial charge is 0.448 e. The number of esters is 1. The summed E-state index contributed by atoms with van der Waals surface area (Å²) in [5, 5.41) is 4.81. The van der Waals surface area contributed by atoms with Gasteiger partial charge < -0.3 is 10.1 Å². The van der Waals surface area contributed by atoms with Crippen molar-refractivity contribution in [3.05, 3.63) is 71.0 Å². The number of nitrogens with zero attached hydrogens (tertiary/aromatic N) is 1. The molecule has 1 aromatic heterocycles. The molecule has 0 fully saturated rings. The monoisotopic (exact) mass is 384 g/mol. The summed E-state index contributed by atoms with van der Waals surface area (Å²) < 4.78 is 18.2. The molecule has 1 N–H and O–H groups in total. The first kappa shape index (κ1) is 18.7. The lowest BCUT2D eigenvalue weighted by Crippen LogP contribution is -2.30. The van der Waals surface area contributed by atoms with Crippen molar-refractivity contribution in [3.63, 3.8) is 0 Å². The zero-order valence-corrected chi connectivity index (χ0v) is 15.5. The van der Waals surface area contributed by atoms with E-state index in [-0.39, 0.29) is 11.5 Å². The summed E-state index contributed by atoms with van der Waals surface area (Å²) in [6.07, 6.45) is -0.977. The molecular weight excluding hydrogens is 367 g/mol. The molecule has 0 radical (unpaired) electrons. The molecule has 0 aliphatic carbocycles. The van der Waals surface area contributed by atoms with Gasteiger partial charge in [0.1, 0.15) is 10.8 Å². The Hall–Kier alpha value is -3.06. The maximum atomic E-state index is 13.0. The lowest BCUT2D eigenvalue weighted by Gasteiger charge is -2.12. The molecule has 0 aliphatic heterocycles. The molecule has 0 spiro atoms. The fourth-order valence-electron chi connectivity index (χ4n) is 2.25. The number of hydrogen-bond acceptors (Lipinski definition) is 5. The molecule has 138 valence electrons. The number of carbonyl (C=O) groups is 2. The van der Waals surface area contributed by atoms with E-state index in [9.17, 15) is 14.0 Å². The topological polar surface area (TPSA) is 68.3 Å². The van der Waals surface area contributed by atoms with Crippen molar-refractivity contribution in [3.8, 4) is 10.6 Å². The first-order valence-corrected chi connectivity index (χ1v) is 9.10. The fraction of sp³-hybridized carbons (Fsp3) is 0.150. The third-order valence-corrected chi connectivity index (χ3v) is 4.67. The summed E-state index contributed by atoms with van der Waals surface area (Å²) in [5.74, 6) is -1.46. The quantitative estimate of drug-likeness (QED) is 0.660. The van der Waals surface area contributed by atoms with Crippen LogP contribution in [0.25, 0.3) is 10.6 Å². The summed E-state index contributed by atoms with van der Waals surface area (Å²) >= 11 is 1.24. The second-order valence-electron chi connectivity index (χ2n) is 5.95. The van der Waals surface area contributed by atoms with E-state index in [1.807, 2.05) is 19.1 Å². The van der Waals surface area contributed by atoms with Crippen LogP contribution in [-0.2, 0) is 9.53 Å². The summed E-state index contributed by atoms with van der Waals surface area (Å²) in [5.41, 5.74) is 2.51. The van der Waals surface area contributed by atoms with Gasteiger partial charge in [0, 0.05) is 16.6 Å². The predicted octanol–water partition coefficient (Wildman–Crippen LogP) is 4.44. The number of aryl methyl sites for hydroxylation is 1. The minimum absolute atomic E-state index is 0.106. The maximum absolute atomic E-state index is 13.0. The average Bonchev–Trinajstić information content (AvgIpc) is 3.14. The van der Waals surface area contributed by atoms with E-state index < -0.39 is 18.0 Å². The molecule has 7 heteroatoms. The van der Waals surface area contributed by atoms with Crippen LogP contribution in [-0.4, -0.2) is 23.0 Å². The number of anilines is 1. The van der Waals surface area contributed by atoms with Crippen LogP contribution in [0.3, 0.4) is 0 Å². The molecule has 1 heterocycles. The molecule has 0 unspecified atom stereocenters. The highest BCUT2D eigenvalue weighted by molar-refractivity contribution is 7.13. The normalized spacial score (nSPS) is 11.7. The van der Waals surface area contributed by atoms with Gasteiger partial charge >= 0.3 is 5.97 Å². The Kier molecular flexibility index (Phi) is 5.61. The maximum Gasteiger partial charge on any atom is 0.358 e. The van der Waals surface area contributed by atoms with Gasteiger partial charge in [-0.15, -0.1) is 11.3 Å². The van der Waals surface area contributed by atoms with Gasteiger partial charge in [0.25, 0.3) is 5.91 Å². The number of rotatable bonds is 5. The number of halogens is 1. The molecule has 0 saturated heterocycles. The molecule has 3 rings (SSSR count). The van der Waals surface area contributed by atoms with Crippen LogP contribution < -0.4 is 5.32 Å². The van der Waals surface area contributed by atoms with Gasteiger partial charge in [-0.05, 0) is 50.2 Å². The zero-order valence-electron chi connectivity index (χ0n) is 14.7. The summed E-state index contributed by atoms with van der Waals surface area (Å²) in [6.45, 7) is 3.44. The van der Waals surface area contributed by atoms with Crippen molar-refractivity contribution >= 4 is 28.9 Å². The number of hydrogen-bond donors (Lipinski definition) is 1. The standard InChI is InChI=1S/C20H17FN2O3S/c1-12-3-9-16(10-4-12)22-18(24)13(2)26-20(25)17-11-27-19(23-17)14-5-7-15(21)8-6-14/h3-11,13H,1-2H3,(H,22,24)/t13-/m1/s1. The number of nitrogens with one attached hydrogen (secondary N) is 1. The Morgan fingerprint density at radius 1 is 1.11 bits per heavy atom. The Labute approximate surface area is 159 Å². The van der Waals surface area contributed by atoms with Gasteiger partial charge in [-0.2, -0.15) is 0 Å². The smallest absolute Gasteiger partial charge is 0.358 e. The number of carbonyl (C=O) groups excluding carboxylic acids is 2. The molecule has 0 saturated carbocycles. The highest BCUT2D eigenvalue weighted by Gasteiger charge is 2.21. The van der Waals surface area contributed by atoms with Crippen LogP contribution in [0.5, 0.6) is 0 Å². The molecule has 27 heavy (non-hydrogen) atoms. The highest BCUT2D eigenvalue weighted by Crippen LogP contribution is 2.24. The Balaban J connectivity index is 1.61. The second-order valence-corrected chi connectivity index (χ2v) is 6.81. The van der Waals surface area contributed by atoms with E-state index in [1.54, 1.807) is 29.6 Å². The van der Waals surface area contributed by atoms with Crippen molar-refractivity contribution in [2.45, 2.75) is 20.0 Å². The van der Waals surface area contributed by atoms with Crippen molar-refractivity contribution in [2.75, 3.05) is 5.32 Å². The SMILES string of the molecule is Cc1ccc(NC(=O)[C@@H](C)OC(=O)c2csc(-c3ccc(F)cc3)n2)cc1. The lowest BCUT2D eigenvalue weighted by molar-refractivity contribution is -0.123. The molecule has 2 aromatic carbocycles. The summed E-state index contributed by atoms with van der Waals surface area (Å²) in [4.78, 5) is 28.6. The Morgan fingerprint density at radius 3 is 2.44 bits per heavy atom. The number of aromatic nitrogens is 1. The van der Waals surface area contributed by atoms with Crippen LogP contribution in [0.4, 0.5) is 10.1 Å². The van der Waals surface area contributed by atoms with Crippen molar-refractivity contribution < 1.29 is 18.7 Å². The van der Waals surface area contributed by atoms with Gasteiger partial charge in [0.2, 0.25) is 0 Å². The molecule has 5 nitrogen and oxygen atoms in total. The predicted molar refractivity (Wildman–Crippen MR) is 102 cm³/mol. The second kappa shape index (κ2) is 8.09.